The van der Waals surface area contributed by atoms with Gasteiger partial charge in [0.1, 0.15) is 0 Å². The number of urea groups is 1. The number of nitrogens with zero attached hydrogens (tertiary/aromatic N) is 5. The Balaban J connectivity index is 2.20. The maximum absolute atomic E-state index is 13.2. The number of primary amides is 1. The summed E-state index contributed by atoms with van der Waals surface area (Å²) >= 11 is 0. The van der Waals surface area contributed by atoms with Crippen molar-refractivity contribution >= 4 is 22.0 Å². The quantitative estimate of drug-likeness (QED) is 0.736. The first-order chi connectivity index (χ1) is 12.4. The maximum Gasteiger partial charge on any atom is 0.336 e. The van der Waals surface area contributed by atoms with Gasteiger partial charge in [-0.3, -0.25) is 0 Å². The van der Waals surface area contributed by atoms with Crippen LogP contribution < -0.4 is 10.0 Å². The van der Waals surface area contributed by atoms with Gasteiger partial charge in [0.25, 0.3) is 10.0 Å². The van der Waals surface area contributed by atoms with Crippen molar-refractivity contribution in [2.75, 3.05) is 4.31 Å². The number of rotatable bonds is 4. The van der Waals surface area contributed by atoms with E-state index in [1.807, 2.05) is 0 Å². The topological polar surface area (TPSA) is 132 Å². The van der Waals surface area contributed by atoms with Crippen LogP contribution in [0.15, 0.2) is 59.9 Å². The maximum atomic E-state index is 13.2. The molecule has 2 aromatic heterocycles. The first-order valence-corrected chi connectivity index (χ1v) is 8.86. The number of aromatic nitrogens is 4. The summed E-state index contributed by atoms with van der Waals surface area (Å²) in [4.78, 5) is 27.7. The van der Waals surface area contributed by atoms with Gasteiger partial charge in [0.15, 0.2) is 5.82 Å². The standard InChI is InChI=1S/C16H14N6O3S/c1-11-7-10-20-16(21-11)22(15(17)23)26(24,25)13-6-3-2-5-12(13)14-18-8-4-9-19-14/h2-10H,1H3,(H2,17,23). The van der Waals surface area contributed by atoms with Gasteiger partial charge >= 0.3 is 6.03 Å². The predicted octanol–water partition coefficient (Wildman–Crippen LogP) is 1.52. The molecule has 0 unspecified atom stereocenters. The highest BCUT2D eigenvalue weighted by Gasteiger charge is 2.34. The molecular formula is C16H14N6O3S. The Labute approximate surface area is 149 Å². The summed E-state index contributed by atoms with van der Waals surface area (Å²) in [6.45, 7) is 1.64. The van der Waals surface area contributed by atoms with E-state index >= 15 is 0 Å². The van der Waals surface area contributed by atoms with E-state index in [1.165, 1.54) is 30.7 Å². The number of aryl methyl sites for hydroxylation is 1. The molecule has 2 N–H and O–H groups in total. The lowest BCUT2D eigenvalue weighted by Crippen LogP contribution is -2.42. The molecule has 1 aromatic carbocycles. The molecule has 26 heavy (non-hydrogen) atoms. The second kappa shape index (κ2) is 6.84. The average Bonchev–Trinajstić information content (AvgIpc) is 2.62. The van der Waals surface area contributed by atoms with Crippen LogP contribution in [0.4, 0.5) is 10.7 Å². The van der Waals surface area contributed by atoms with Crippen LogP contribution in [0.25, 0.3) is 11.4 Å². The largest absolute Gasteiger partial charge is 0.350 e. The fourth-order valence-electron chi connectivity index (χ4n) is 2.27. The Kier molecular flexibility index (Phi) is 4.59. The smallest absolute Gasteiger partial charge is 0.336 e. The highest BCUT2D eigenvalue weighted by atomic mass is 32.2. The van der Waals surface area contributed by atoms with Gasteiger partial charge in [0, 0.05) is 29.8 Å². The van der Waals surface area contributed by atoms with E-state index in [-0.39, 0.29) is 22.2 Å². The van der Waals surface area contributed by atoms with Crippen LogP contribution in [0.2, 0.25) is 0 Å². The normalized spacial score (nSPS) is 11.1. The zero-order chi connectivity index (χ0) is 18.7. The van der Waals surface area contributed by atoms with Crippen molar-refractivity contribution in [1.29, 1.82) is 0 Å². The van der Waals surface area contributed by atoms with Crippen LogP contribution in [0.1, 0.15) is 5.69 Å². The Morgan fingerprint density at radius 2 is 1.69 bits per heavy atom. The van der Waals surface area contributed by atoms with Crippen molar-refractivity contribution in [3.05, 3.63) is 60.7 Å². The lowest BCUT2D eigenvalue weighted by atomic mass is 10.2. The molecule has 0 spiro atoms. The SMILES string of the molecule is Cc1ccnc(N(C(N)=O)S(=O)(=O)c2ccccc2-c2ncccn2)n1. The van der Waals surface area contributed by atoms with Gasteiger partial charge in [0.05, 0.1) is 4.90 Å². The van der Waals surface area contributed by atoms with Crippen LogP contribution in [0.3, 0.4) is 0 Å². The van der Waals surface area contributed by atoms with Crippen LogP contribution in [-0.4, -0.2) is 34.4 Å². The summed E-state index contributed by atoms with van der Waals surface area (Å²) in [5, 5.41) is 0. The molecule has 0 bridgehead atoms. The highest BCUT2D eigenvalue weighted by molar-refractivity contribution is 7.93. The zero-order valence-electron chi connectivity index (χ0n) is 13.6. The van der Waals surface area contributed by atoms with Gasteiger partial charge in [-0.25, -0.2) is 33.1 Å². The molecule has 0 fully saturated rings. The van der Waals surface area contributed by atoms with Crippen LogP contribution >= 0.6 is 0 Å². The molecule has 0 saturated carbocycles. The molecule has 132 valence electrons. The fraction of sp³-hybridized carbons (Fsp3) is 0.0625. The highest BCUT2D eigenvalue weighted by Crippen LogP contribution is 2.28. The summed E-state index contributed by atoms with van der Waals surface area (Å²) in [6, 6.07) is 8.00. The van der Waals surface area contributed by atoms with Gasteiger partial charge < -0.3 is 5.73 Å². The first kappa shape index (κ1) is 17.4. The van der Waals surface area contributed by atoms with Crippen molar-refractivity contribution in [1.82, 2.24) is 19.9 Å². The van der Waals surface area contributed by atoms with E-state index < -0.39 is 16.1 Å². The van der Waals surface area contributed by atoms with Gasteiger partial charge in [-0.15, -0.1) is 4.31 Å². The number of nitrogens with two attached hydrogens (primary N) is 1. The van der Waals surface area contributed by atoms with E-state index in [4.69, 9.17) is 5.73 Å². The molecule has 0 aliphatic rings. The third-order valence-corrected chi connectivity index (χ3v) is 5.11. The minimum Gasteiger partial charge on any atom is -0.350 e. The Bertz CT molecular complexity index is 1060. The van der Waals surface area contributed by atoms with E-state index in [1.54, 1.807) is 31.2 Å². The number of carbonyl (C=O) groups excluding carboxylic acids is 1. The van der Waals surface area contributed by atoms with E-state index in [2.05, 4.69) is 19.9 Å². The van der Waals surface area contributed by atoms with Crippen molar-refractivity contribution in [2.24, 2.45) is 5.73 Å². The second-order valence-corrected chi connectivity index (χ2v) is 6.93. The first-order valence-electron chi connectivity index (χ1n) is 7.42. The van der Waals surface area contributed by atoms with Gasteiger partial charge in [-0.2, -0.15) is 0 Å². The predicted molar refractivity (Wildman–Crippen MR) is 93.5 cm³/mol. The van der Waals surface area contributed by atoms with Gasteiger partial charge in [-0.05, 0) is 31.2 Å². The molecule has 0 saturated heterocycles. The summed E-state index contributed by atoms with van der Waals surface area (Å²) in [5.41, 5.74) is 6.04. The van der Waals surface area contributed by atoms with Crippen molar-refractivity contribution in [3.63, 3.8) is 0 Å². The molecule has 0 atom stereocenters. The second-order valence-electron chi connectivity index (χ2n) is 5.17. The number of benzene rings is 1. The molecule has 0 aliphatic carbocycles. The average molecular weight is 370 g/mol. The van der Waals surface area contributed by atoms with Crippen molar-refractivity contribution in [2.45, 2.75) is 11.8 Å². The number of amides is 2. The summed E-state index contributed by atoms with van der Waals surface area (Å²) in [5.74, 6) is -0.137. The van der Waals surface area contributed by atoms with Crippen molar-refractivity contribution < 1.29 is 13.2 Å². The number of hydrogen-bond donors (Lipinski definition) is 1. The third-order valence-electron chi connectivity index (χ3n) is 3.38. The number of anilines is 1. The Hall–Kier alpha value is -3.40. The molecule has 0 radical (unpaired) electrons. The van der Waals surface area contributed by atoms with Crippen LogP contribution in [0.5, 0.6) is 0 Å². The van der Waals surface area contributed by atoms with E-state index in [9.17, 15) is 13.2 Å². The molecule has 9 nitrogen and oxygen atoms in total. The molecular weight excluding hydrogens is 356 g/mol. The molecule has 3 aromatic rings. The summed E-state index contributed by atoms with van der Waals surface area (Å²) in [7, 11) is -4.40. The van der Waals surface area contributed by atoms with E-state index in [0.717, 1.165) is 0 Å². The molecule has 3 rings (SSSR count). The van der Waals surface area contributed by atoms with Crippen LogP contribution in [-0.2, 0) is 10.0 Å². The van der Waals surface area contributed by atoms with Crippen LogP contribution in [0, 0.1) is 6.92 Å². The number of sulfonamides is 1. The summed E-state index contributed by atoms with van der Waals surface area (Å²) < 4.78 is 26.7. The van der Waals surface area contributed by atoms with Gasteiger partial charge in [0.2, 0.25) is 5.95 Å². The van der Waals surface area contributed by atoms with E-state index in [0.29, 0.717) is 10.00 Å². The van der Waals surface area contributed by atoms with Crippen molar-refractivity contribution in [3.8, 4) is 11.4 Å². The third kappa shape index (κ3) is 3.22. The summed E-state index contributed by atoms with van der Waals surface area (Å²) in [6.07, 6.45) is 4.32. The molecule has 10 heteroatoms. The monoisotopic (exact) mass is 370 g/mol. The Morgan fingerprint density at radius 1 is 1.00 bits per heavy atom. The minimum absolute atomic E-state index is 0.185. The van der Waals surface area contributed by atoms with Gasteiger partial charge in [-0.1, -0.05) is 12.1 Å². The molecule has 2 amide bonds. The number of carbonyl (C=O) groups is 1. The Morgan fingerprint density at radius 3 is 2.35 bits per heavy atom. The lowest BCUT2D eigenvalue weighted by molar-refractivity contribution is 0.256. The molecule has 2 heterocycles. The fourth-order valence-corrected chi connectivity index (χ4v) is 3.70. The minimum atomic E-state index is -4.40. The number of hydrogen-bond acceptors (Lipinski definition) is 7. The molecule has 0 aliphatic heterocycles. The zero-order valence-corrected chi connectivity index (χ0v) is 14.5. The lowest BCUT2D eigenvalue weighted by Gasteiger charge is -2.19.